The van der Waals surface area contributed by atoms with Crippen LogP contribution in [-0.2, 0) is 10.3 Å². The van der Waals surface area contributed by atoms with Crippen molar-refractivity contribution >= 4 is 45.0 Å². The van der Waals surface area contributed by atoms with E-state index < -0.39 is 17.2 Å². The number of amides is 1. The summed E-state index contributed by atoms with van der Waals surface area (Å²) < 4.78 is 7.65. The molecule has 242 valence electrons. The third-order valence-corrected chi connectivity index (χ3v) is 10.1. The van der Waals surface area contributed by atoms with E-state index in [1.165, 1.54) is 17.0 Å². The van der Waals surface area contributed by atoms with Gasteiger partial charge in [-0.2, -0.15) is 0 Å². The summed E-state index contributed by atoms with van der Waals surface area (Å²) in [6, 6.07) is 24.8. The number of thiol groups is 1. The molecule has 0 bridgehead atoms. The first kappa shape index (κ1) is 30.9. The Morgan fingerprint density at radius 2 is 1.81 bits per heavy atom. The number of pyridine rings is 2. The van der Waals surface area contributed by atoms with E-state index in [2.05, 4.69) is 74.6 Å². The second-order valence-electron chi connectivity index (χ2n) is 13.4. The van der Waals surface area contributed by atoms with Crippen LogP contribution in [0.4, 0.5) is 16.3 Å². The van der Waals surface area contributed by atoms with Gasteiger partial charge in [0.25, 0.3) is 0 Å². The lowest BCUT2D eigenvalue weighted by molar-refractivity contribution is 0.0377. The molecule has 3 N–H and O–H groups in total. The molecule has 1 amide bonds. The van der Waals surface area contributed by atoms with Gasteiger partial charge in [-0.3, -0.25) is 4.57 Å². The number of nitrogens with one attached hydrogen (secondary N) is 1. The fourth-order valence-electron chi connectivity index (χ4n) is 6.50. The van der Waals surface area contributed by atoms with Crippen molar-refractivity contribution in [2.45, 2.75) is 57.6 Å². The number of fused-ring (bicyclic) bond motifs is 1. The fraction of sp³-hybridized carbons (Fsp3) is 0.324. The lowest BCUT2D eigenvalue weighted by Gasteiger charge is -2.43. The molecular formula is C37H41N7O2S. The highest BCUT2D eigenvalue weighted by Gasteiger charge is 2.41. The molecule has 1 aliphatic heterocycles. The number of aromatic nitrogens is 4. The summed E-state index contributed by atoms with van der Waals surface area (Å²) in [4.78, 5) is 31.4. The molecule has 0 spiro atoms. The van der Waals surface area contributed by atoms with Crippen LogP contribution in [0.2, 0.25) is 0 Å². The van der Waals surface area contributed by atoms with Gasteiger partial charge in [0.2, 0.25) is 0 Å². The summed E-state index contributed by atoms with van der Waals surface area (Å²) in [7, 11) is 0. The van der Waals surface area contributed by atoms with E-state index in [0.29, 0.717) is 11.6 Å². The van der Waals surface area contributed by atoms with Gasteiger partial charge in [-0.25, -0.2) is 31.1 Å². The first-order chi connectivity index (χ1) is 22.6. The zero-order valence-corrected chi connectivity index (χ0v) is 28.2. The van der Waals surface area contributed by atoms with Gasteiger partial charge >= 0.3 is 6.09 Å². The van der Waals surface area contributed by atoms with Gasteiger partial charge in [0.15, 0.2) is 11.5 Å². The maximum Gasteiger partial charge on any atom is 0.408 e. The second kappa shape index (κ2) is 12.2. The van der Waals surface area contributed by atoms with Crippen molar-refractivity contribution in [1.82, 2.24) is 24.8 Å². The number of nitrogen functional groups attached to an aromatic ring is 1. The van der Waals surface area contributed by atoms with Gasteiger partial charge in [-0.05, 0) is 112 Å². The molecule has 3 aromatic heterocycles. The van der Waals surface area contributed by atoms with Crippen LogP contribution in [0.1, 0.15) is 52.0 Å². The SMILES string of the molecule is C/[SH]=C1\CCN(c2cccc(-c3ccc4nc(-c5cccnc5N)n(-c5ccc(C6(NC(=O)OC(C)(C)C)CCC6)cc5)c4n3)c2)C1. The molecule has 0 atom stereocenters. The number of hydrogen-bond acceptors (Lipinski definition) is 7. The minimum absolute atomic E-state index is 0.398. The first-order valence-electron chi connectivity index (χ1n) is 16.1. The Morgan fingerprint density at radius 3 is 2.49 bits per heavy atom. The molecular weight excluding hydrogens is 607 g/mol. The summed E-state index contributed by atoms with van der Waals surface area (Å²) in [6.07, 6.45) is 7.39. The monoisotopic (exact) mass is 647 g/mol. The van der Waals surface area contributed by atoms with Crippen LogP contribution in [0.3, 0.4) is 0 Å². The lowest BCUT2D eigenvalue weighted by atomic mass is 9.72. The second-order valence-corrected chi connectivity index (χ2v) is 14.4. The third kappa shape index (κ3) is 6.10. The van der Waals surface area contributed by atoms with Crippen molar-refractivity contribution in [3.8, 4) is 28.3 Å². The Hall–Kier alpha value is -4.70. The van der Waals surface area contributed by atoms with Crippen molar-refractivity contribution in [2.75, 3.05) is 30.0 Å². The van der Waals surface area contributed by atoms with Crippen LogP contribution in [-0.4, -0.2) is 55.4 Å². The highest BCUT2D eigenvalue weighted by Crippen LogP contribution is 2.42. The van der Waals surface area contributed by atoms with E-state index >= 15 is 0 Å². The average molecular weight is 648 g/mol. The zero-order chi connectivity index (χ0) is 32.8. The summed E-state index contributed by atoms with van der Waals surface area (Å²) >= 11 is 1.37. The van der Waals surface area contributed by atoms with Crippen LogP contribution >= 0.6 is 11.4 Å². The summed E-state index contributed by atoms with van der Waals surface area (Å²) in [5, 5.41) is 3.16. The molecule has 5 aromatic rings. The van der Waals surface area contributed by atoms with Gasteiger partial charge in [-0.15, -0.1) is 0 Å². The number of nitrogens with zero attached hydrogens (tertiary/aromatic N) is 5. The minimum Gasteiger partial charge on any atom is -0.444 e. The Kier molecular flexibility index (Phi) is 8.00. The van der Waals surface area contributed by atoms with Gasteiger partial charge in [0.1, 0.15) is 16.9 Å². The van der Waals surface area contributed by atoms with Crippen molar-refractivity contribution in [2.24, 2.45) is 0 Å². The summed E-state index contributed by atoms with van der Waals surface area (Å²) in [6.45, 7) is 7.67. The summed E-state index contributed by atoms with van der Waals surface area (Å²) in [5.41, 5.74) is 12.7. The number of alkyl carbamates (subject to hydrolysis) is 1. The predicted molar refractivity (Wildman–Crippen MR) is 194 cm³/mol. The first-order valence-corrected chi connectivity index (χ1v) is 17.5. The standard InChI is InChI=1S/C37H41N7O2S/c1-36(2,3)46-35(45)42-37(18-7-19-37)25-11-13-26(14-12-25)44-33(29-10-6-20-39-32(29)38)41-31-16-15-30(40-34(31)44)24-8-5-9-27(22-24)43-21-17-28(23-43)47-4/h5-6,8-16,20,22,47H,7,17-19,21,23H2,1-4H3,(H2,38,39)(H,42,45). The molecule has 47 heavy (non-hydrogen) atoms. The van der Waals surface area contributed by atoms with Crippen molar-refractivity contribution in [3.63, 3.8) is 0 Å². The van der Waals surface area contributed by atoms with Crippen LogP contribution < -0.4 is 16.0 Å². The van der Waals surface area contributed by atoms with Gasteiger partial charge in [0.05, 0.1) is 16.8 Å². The summed E-state index contributed by atoms with van der Waals surface area (Å²) in [5.74, 6) is 1.07. The van der Waals surface area contributed by atoms with Crippen molar-refractivity contribution in [3.05, 3.63) is 84.6 Å². The number of carbonyl (C=O) groups excluding carboxylic acids is 1. The maximum absolute atomic E-state index is 12.8. The molecule has 1 aliphatic carbocycles. The van der Waals surface area contributed by atoms with Crippen LogP contribution in [0.25, 0.3) is 39.5 Å². The van der Waals surface area contributed by atoms with E-state index in [4.69, 9.17) is 20.4 Å². The Labute approximate surface area is 279 Å². The molecule has 0 radical (unpaired) electrons. The van der Waals surface area contributed by atoms with Crippen molar-refractivity contribution in [1.29, 1.82) is 0 Å². The van der Waals surface area contributed by atoms with Crippen molar-refractivity contribution < 1.29 is 9.53 Å². The van der Waals surface area contributed by atoms with Gasteiger partial charge in [0, 0.05) is 36.2 Å². The topological polar surface area (TPSA) is 111 Å². The number of benzene rings is 2. The van der Waals surface area contributed by atoms with E-state index in [0.717, 1.165) is 78.0 Å². The Balaban J connectivity index is 1.29. The molecule has 10 heteroatoms. The smallest absolute Gasteiger partial charge is 0.408 e. The molecule has 0 unspecified atom stereocenters. The maximum atomic E-state index is 12.8. The van der Waals surface area contributed by atoms with Crippen LogP contribution in [0.15, 0.2) is 79.0 Å². The predicted octanol–water partition coefficient (Wildman–Crippen LogP) is 7.11. The van der Waals surface area contributed by atoms with E-state index in [1.807, 2.05) is 45.0 Å². The van der Waals surface area contributed by atoms with Gasteiger partial charge < -0.3 is 20.7 Å². The van der Waals surface area contributed by atoms with E-state index in [9.17, 15) is 4.79 Å². The molecule has 2 aromatic carbocycles. The number of ether oxygens (including phenoxy) is 1. The van der Waals surface area contributed by atoms with E-state index in [1.54, 1.807) is 11.1 Å². The lowest BCUT2D eigenvalue weighted by Crippen LogP contribution is -2.52. The molecule has 7 rings (SSSR count). The van der Waals surface area contributed by atoms with Crippen LogP contribution in [0, 0.1) is 0 Å². The minimum atomic E-state index is -0.565. The molecule has 2 fully saturated rings. The number of carbonyl (C=O) groups is 1. The Bertz CT molecular complexity index is 1990. The van der Waals surface area contributed by atoms with E-state index in [-0.39, 0.29) is 0 Å². The average Bonchev–Trinajstić information content (AvgIpc) is 3.67. The third-order valence-electron chi connectivity index (χ3n) is 9.08. The quantitative estimate of drug-likeness (QED) is 0.133. The molecule has 4 heterocycles. The molecule has 1 saturated carbocycles. The molecule has 2 aliphatic rings. The highest BCUT2D eigenvalue weighted by molar-refractivity contribution is 7.98. The number of nitrogens with two attached hydrogens (primary N) is 1. The van der Waals surface area contributed by atoms with Gasteiger partial charge in [-0.1, -0.05) is 24.3 Å². The fourth-order valence-corrected chi connectivity index (χ4v) is 7.14. The molecule has 1 saturated heterocycles. The highest BCUT2D eigenvalue weighted by atomic mass is 32.1. The molecule has 9 nitrogen and oxygen atoms in total. The number of hydrogen-bond donors (Lipinski definition) is 3. The number of imidazole rings is 1. The zero-order valence-electron chi connectivity index (χ0n) is 27.3. The number of rotatable bonds is 6. The number of anilines is 2. The largest absolute Gasteiger partial charge is 0.444 e. The van der Waals surface area contributed by atoms with Crippen LogP contribution in [0.5, 0.6) is 0 Å². The normalized spacial score (nSPS) is 16.9. The Morgan fingerprint density at radius 1 is 1.00 bits per heavy atom.